The lowest BCUT2D eigenvalue weighted by Crippen LogP contribution is -2.12. The molecule has 0 spiro atoms. The second-order valence-corrected chi connectivity index (χ2v) is 6.57. The van der Waals surface area contributed by atoms with Crippen LogP contribution in [0.5, 0.6) is 0 Å². The van der Waals surface area contributed by atoms with Gasteiger partial charge in [-0.2, -0.15) is 0 Å². The molecule has 0 bridgehead atoms. The number of hydrogen-bond acceptors (Lipinski definition) is 4. The number of halogens is 1. The number of pyridine rings is 1. The van der Waals surface area contributed by atoms with Gasteiger partial charge in [-0.15, -0.1) is 0 Å². The van der Waals surface area contributed by atoms with Crippen LogP contribution in [0.25, 0.3) is 0 Å². The molecular weight excluding hydrogens is 362 g/mol. The first kappa shape index (κ1) is 18.6. The number of nitrogens with one attached hydrogen (secondary N) is 2. The zero-order chi connectivity index (χ0) is 19.4. The molecule has 0 aliphatic heterocycles. The van der Waals surface area contributed by atoms with Gasteiger partial charge in [-0.25, -0.2) is 0 Å². The zero-order valence-electron chi connectivity index (χ0n) is 14.9. The lowest BCUT2D eigenvalue weighted by molar-refractivity contribution is 0.101. The van der Waals surface area contributed by atoms with Crippen LogP contribution in [0.3, 0.4) is 0 Å². The molecule has 3 aromatic rings. The molecule has 0 atom stereocenters. The van der Waals surface area contributed by atoms with Crippen molar-refractivity contribution >= 4 is 40.4 Å². The van der Waals surface area contributed by atoms with Gasteiger partial charge in [0.25, 0.3) is 5.91 Å². The number of carbonyl (C=O) groups excluding carboxylic acids is 2. The number of amides is 1. The predicted octanol–water partition coefficient (Wildman–Crippen LogP) is 5.24. The number of aromatic nitrogens is 1. The van der Waals surface area contributed by atoms with E-state index in [2.05, 4.69) is 15.6 Å². The summed E-state index contributed by atoms with van der Waals surface area (Å²) in [4.78, 5) is 27.9. The van der Waals surface area contributed by atoms with Crippen molar-refractivity contribution in [2.45, 2.75) is 13.8 Å². The van der Waals surface area contributed by atoms with Crippen molar-refractivity contribution in [2.24, 2.45) is 0 Å². The Labute approximate surface area is 162 Å². The highest BCUT2D eigenvalue weighted by Crippen LogP contribution is 2.24. The third-order valence-electron chi connectivity index (χ3n) is 4.02. The maximum Gasteiger partial charge on any atom is 0.257 e. The fourth-order valence-corrected chi connectivity index (χ4v) is 2.77. The standard InChI is InChI=1S/C21H18ClN3O2/c1-13-9-17(22)5-8-20(13)24-19-10-16(11-23-12-19)21(27)25-18-6-3-15(4-7-18)14(2)26/h3-12,24H,1-2H3,(H,25,27). The Morgan fingerprint density at radius 3 is 2.33 bits per heavy atom. The van der Waals surface area contributed by atoms with E-state index >= 15 is 0 Å². The topological polar surface area (TPSA) is 71.1 Å². The minimum Gasteiger partial charge on any atom is -0.354 e. The Morgan fingerprint density at radius 1 is 0.926 bits per heavy atom. The average molecular weight is 380 g/mol. The summed E-state index contributed by atoms with van der Waals surface area (Å²) in [5.74, 6) is -0.303. The monoisotopic (exact) mass is 379 g/mol. The van der Waals surface area contributed by atoms with Gasteiger partial charge in [0.1, 0.15) is 0 Å². The molecule has 0 aliphatic rings. The largest absolute Gasteiger partial charge is 0.354 e. The van der Waals surface area contributed by atoms with E-state index in [-0.39, 0.29) is 11.7 Å². The number of aryl methyl sites for hydroxylation is 1. The highest BCUT2D eigenvalue weighted by atomic mass is 35.5. The van der Waals surface area contributed by atoms with Gasteiger partial charge in [0.05, 0.1) is 17.4 Å². The summed E-state index contributed by atoms with van der Waals surface area (Å²) in [6.07, 6.45) is 3.14. The van der Waals surface area contributed by atoms with Crippen molar-refractivity contribution in [3.63, 3.8) is 0 Å². The van der Waals surface area contributed by atoms with Crippen LogP contribution < -0.4 is 10.6 Å². The molecule has 0 saturated heterocycles. The lowest BCUT2D eigenvalue weighted by atomic mass is 10.1. The third-order valence-corrected chi connectivity index (χ3v) is 4.25. The number of rotatable bonds is 5. The first-order chi connectivity index (χ1) is 12.9. The highest BCUT2D eigenvalue weighted by molar-refractivity contribution is 6.30. The quantitative estimate of drug-likeness (QED) is 0.594. The van der Waals surface area contributed by atoms with E-state index in [1.807, 2.05) is 19.1 Å². The van der Waals surface area contributed by atoms with E-state index in [0.717, 1.165) is 11.3 Å². The summed E-state index contributed by atoms with van der Waals surface area (Å²) in [5, 5.41) is 6.71. The van der Waals surface area contributed by atoms with E-state index in [0.29, 0.717) is 27.5 Å². The van der Waals surface area contributed by atoms with E-state index < -0.39 is 0 Å². The Balaban J connectivity index is 1.74. The molecule has 1 heterocycles. The van der Waals surface area contributed by atoms with Gasteiger partial charge in [0, 0.05) is 28.2 Å². The molecular formula is C21H18ClN3O2. The fraction of sp³-hybridized carbons (Fsp3) is 0.0952. The smallest absolute Gasteiger partial charge is 0.257 e. The van der Waals surface area contributed by atoms with Crippen LogP contribution in [0.4, 0.5) is 17.1 Å². The van der Waals surface area contributed by atoms with Gasteiger partial charge in [0.15, 0.2) is 5.78 Å². The van der Waals surface area contributed by atoms with Crippen LogP contribution in [-0.4, -0.2) is 16.7 Å². The summed E-state index contributed by atoms with van der Waals surface area (Å²) in [7, 11) is 0. The fourth-order valence-electron chi connectivity index (χ4n) is 2.55. The molecule has 0 unspecified atom stereocenters. The van der Waals surface area contributed by atoms with Crippen LogP contribution in [0, 0.1) is 6.92 Å². The predicted molar refractivity (Wildman–Crippen MR) is 108 cm³/mol. The Bertz CT molecular complexity index is 1000. The van der Waals surface area contributed by atoms with Gasteiger partial charge in [-0.05, 0) is 67.9 Å². The summed E-state index contributed by atoms with van der Waals surface area (Å²) in [6.45, 7) is 3.45. The molecule has 0 radical (unpaired) electrons. The summed E-state index contributed by atoms with van der Waals surface area (Å²) in [5.41, 5.74) is 4.19. The number of anilines is 3. The van der Waals surface area contributed by atoms with Crippen molar-refractivity contribution in [2.75, 3.05) is 10.6 Å². The number of hydrogen-bond donors (Lipinski definition) is 2. The zero-order valence-corrected chi connectivity index (χ0v) is 15.7. The molecule has 1 aromatic heterocycles. The second kappa shape index (κ2) is 8.01. The summed E-state index contributed by atoms with van der Waals surface area (Å²) >= 11 is 5.98. The third kappa shape index (κ3) is 4.71. The number of ketones is 1. The van der Waals surface area contributed by atoms with Crippen molar-refractivity contribution in [1.29, 1.82) is 0 Å². The van der Waals surface area contributed by atoms with Gasteiger partial charge >= 0.3 is 0 Å². The summed E-state index contributed by atoms with van der Waals surface area (Å²) in [6, 6.07) is 14.0. The van der Waals surface area contributed by atoms with Crippen LogP contribution in [0.2, 0.25) is 5.02 Å². The average Bonchev–Trinajstić information content (AvgIpc) is 2.65. The van der Waals surface area contributed by atoms with Crippen molar-refractivity contribution in [3.05, 3.63) is 82.6 Å². The van der Waals surface area contributed by atoms with Gasteiger partial charge in [0.2, 0.25) is 0 Å². The molecule has 2 aromatic carbocycles. The molecule has 0 saturated carbocycles. The lowest BCUT2D eigenvalue weighted by Gasteiger charge is -2.11. The molecule has 2 N–H and O–H groups in total. The van der Waals surface area contributed by atoms with Crippen molar-refractivity contribution in [1.82, 2.24) is 4.98 Å². The second-order valence-electron chi connectivity index (χ2n) is 6.13. The van der Waals surface area contributed by atoms with E-state index in [1.165, 1.54) is 13.1 Å². The molecule has 0 aliphatic carbocycles. The number of nitrogens with zero attached hydrogens (tertiary/aromatic N) is 1. The molecule has 0 fully saturated rings. The van der Waals surface area contributed by atoms with Gasteiger partial charge in [-0.3, -0.25) is 14.6 Å². The van der Waals surface area contributed by atoms with E-state index in [9.17, 15) is 9.59 Å². The Hall–Kier alpha value is -3.18. The first-order valence-corrected chi connectivity index (χ1v) is 8.71. The Morgan fingerprint density at radius 2 is 1.67 bits per heavy atom. The normalized spacial score (nSPS) is 10.3. The van der Waals surface area contributed by atoms with Crippen LogP contribution in [0.1, 0.15) is 33.2 Å². The van der Waals surface area contributed by atoms with E-state index in [1.54, 1.807) is 42.6 Å². The van der Waals surface area contributed by atoms with Crippen LogP contribution >= 0.6 is 11.6 Å². The summed E-state index contributed by atoms with van der Waals surface area (Å²) < 4.78 is 0. The molecule has 136 valence electrons. The van der Waals surface area contributed by atoms with E-state index in [4.69, 9.17) is 11.6 Å². The van der Waals surface area contributed by atoms with Crippen LogP contribution in [0.15, 0.2) is 60.9 Å². The molecule has 3 rings (SSSR count). The maximum atomic E-state index is 12.5. The van der Waals surface area contributed by atoms with Gasteiger partial charge < -0.3 is 10.6 Å². The molecule has 6 heteroatoms. The molecule has 5 nitrogen and oxygen atoms in total. The van der Waals surface area contributed by atoms with Crippen LogP contribution in [-0.2, 0) is 0 Å². The number of Topliss-reactive ketones (excluding diaryl/α,β-unsaturated/α-hetero) is 1. The number of carbonyl (C=O) groups is 2. The molecule has 27 heavy (non-hydrogen) atoms. The minimum atomic E-state index is -0.283. The SMILES string of the molecule is CC(=O)c1ccc(NC(=O)c2cncc(Nc3ccc(Cl)cc3C)c2)cc1. The highest BCUT2D eigenvalue weighted by Gasteiger charge is 2.09. The number of benzene rings is 2. The molecule has 1 amide bonds. The first-order valence-electron chi connectivity index (χ1n) is 8.33. The maximum absolute atomic E-state index is 12.5. The van der Waals surface area contributed by atoms with Gasteiger partial charge in [-0.1, -0.05) is 11.6 Å². The van der Waals surface area contributed by atoms with Crippen molar-refractivity contribution in [3.8, 4) is 0 Å². The minimum absolute atomic E-state index is 0.0201. The Kier molecular flexibility index (Phi) is 5.52. The van der Waals surface area contributed by atoms with Crippen molar-refractivity contribution < 1.29 is 9.59 Å².